The van der Waals surface area contributed by atoms with Crippen LogP contribution in [0.25, 0.3) is 0 Å². The summed E-state index contributed by atoms with van der Waals surface area (Å²) in [5, 5.41) is 0.605. The molecule has 0 saturated carbocycles. The number of nitrogens with two attached hydrogens (primary N) is 2. The zero-order valence-electron chi connectivity index (χ0n) is 7.46. The van der Waals surface area contributed by atoms with Gasteiger partial charge in [-0.15, -0.1) is 0 Å². The highest BCUT2D eigenvalue weighted by Gasteiger charge is 2.05. The van der Waals surface area contributed by atoms with Crippen molar-refractivity contribution in [3.63, 3.8) is 0 Å². The smallest absolute Gasteiger partial charge is 0.144 e. The van der Waals surface area contributed by atoms with Crippen LogP contribution in [0, 0.1) is 0 Å². The number of hydrogen-bond acceptors (Lipinski definition) is 3. The van der Waals surface area contributed by atoms with Crippen LogP contribution in [0.4, 0.5) is 5.69 Å². The molecular weight excluding hydrogens is 188 g/mol. The average molecular weight is 201 g/mol. The second kappa shape index (κ2) is 4.35. The summed E-state index contributed by atoms with van der Waals surface area (Å²) < 4.78 is 5.44. The topological polar surface area (TPSA) is 61.3 Å². The van der Waals surface area contributed by atoms with E-state index in [1.807, 2.05) is 6.92 Å². The predicted octanol–water partition coefficient (Wildman–Crippen LogP) is 1.65. The SMILES string of the molecule is CC(CN)Oc1cc(Cl)ccc1N. The Morgan fingerprint density at radius 3 is 2.85 bits per heavy atom. The average Bonchev–Trinajstić information content (AvgIpc) is 2.11. The lowest BCUT2D eigenvalue weighted by molar-refractivity contribution is 0.231. The van der Waals surface area contributed by atoms with Gasteiger partial charge in [0.1, 0.15) is 11.9 Å². The second-order valence-electron chi connectivity index (χ2n) is 2.85. The van der Waals surface area contributed by atoms with E-state index in [1.54, 1.807) is 18.2 Å². The molecule has 4 heteroatoms. The van der Waals surface area contributed by atoms with Gasteiger partial charge in [0.15, 0.2) is 0 Å². The first-order chi connectivity index (χ1) is 6.13. The van der Waals surface area contributed by atoms with E-state index in [0.717, 1.165) is 0 Å². The summed E-state index contributed by atoms with van der Waals surface area (Å²) in [6.07, 6.45) is -0.0548. The molecule has 1 aromatic rings. The molecule has 0 heterocycles. The zero-order valence-corrected chi connectivity index (χ0v) is 8.21. The van der Waals surface area contributed by atoms with Crippen LogP contribution < -0.4 is 16.2 Å². The Kier molecular flexibility index (Phi) is 3.39. The van der Waals surface area contributed by atoms with Crippen molar-refractivity contribution in [2.75, 3.05) is 12.3 Å². The van der Waals surface area contributed by atoms with Gasteiger partial charge in [0.05, 0.1) is 5.69 Å². The van der Waals surface area contributed by atoms with Gasteiger partial charge in [0.25, 0.3) is 0 Å². The molecule has 0 spiro atoms. The highest BCUT2D eigenvalue weighted by atomic mass is 35.5. The van der Waals surface area contributed by atoms with E-state index in [-0.39, 0.29) is 6.10 Å². The van der Waals surface area contributed by atoms with Gasteiger partial charge in [0.2, 0.25) is 0 Å². The molecule has 0 aromatic heterocycles. The molecule has 0 fully saturated rings. The minimum atomic E-state index is -0.0548. The Morgan fingerprint density at radius 2 is 2.23 bits per heavy atom. The van der Waals surface area contributed by atoms with Crippen LogP contribution in [0.2, 0.25) is 5.02 Å². The number of hydrogen-bond donors (Lipinski definition) is 2. The molecule has 3 nitrogen and oxygen atoms in total. The standard InChI is InChI=1S/C9H13ClN2O/c1-6(5-11)13-9-4-7(10)2-3-8(9)12/h2-4,6H,5,11-12H2,1H3. The maximum absolute atomic E-state index is 5.78. The van der Waals surface area contributed by atoms with E-state index in [9.17, 15) is 0 Å². The summed E-state index contributed by atoms with van der Waals surface area (Å²) in [5.74, 6) is 0.588. The van der Waals surface area contributed by atoms with Crippen LogP contribution in [-0.2, 0) is 0 Å². The van der Waals surface area contributed by atoms with Crippen molar-refractivity contribution >= 4 is 17.3 Å². The molecule has 0 aliphatic heterocycles. The fourth-order valence-electron chi connectivity index (χ4n) is 0.875. The van der Waals surface area contributed by atoms with Crippen molar-refractivity contribution < 1.29 is 4.74 Å². The highest BCUT2D eigenvalue weighted by Crippen LogP contribution is 2.25. The fourth-order valence-corrected chi connectivity index (χ4v) is 1.04. The van der Waals surface area contributed by atoms with Crippen LogP contribution in [0.15, 0.2) is 18.2 Å². The maximum Gasteiger partial charge on any atom is 0.144 e. The van der Waals surface area contributed by atoms with Gasteiger partial charge in [-0.25, -0.2) is 0 Å². The molecule has 0 saturated heterocycles. The summed E-state index contributed by atoms with van der Waals surface area (Å²) in [5.41, 5.74) is 11.7. The Hall–Kier alpha value is -0.930. The van der Waals surface area contributed by atoms with Gasteiger partial charge < -0.3 is 16.2 Å². The van der Waals surface area contributed by atoms with Crippen molar-refractivity contribution in [3.05, 3.63) is 23.2 Å². The van der Waals surface area contributed by atoms with Crippen LogP contribution in [-0.4, -0.2) is 12.6 Å². The van der Waals surface area contributed by atoms with Gasteiger partial charge in [-0.1, -0.05) is 11.6 Å². The van der Waals surface area contributed by atoms with Crippen molar-refractivity contribution in [2.45, 2.75) is 13.0 Å². The molecular formula is C9H13ClN2O. The molecule has 0 amide bonds. The normalized spacial score (nSPS) is 12.5. The summed E-state index contributed by atoms with van der Waals surface area (Å²) in [4.78, 5) is 0. The van der Waals surface area contributed by atoms with Crippen molar-refractivity contribution in [1.29, 1.82) is 0 Å². The number of ether oxygens (including phenoxy) is 1. The summed E-state index contributed by atoms with van der Waals surface area (Å²) >= 11 is 5.78. The number of rotatable bonds is 3. The molecule has 13 heavy (non-hydrogen) atoms. The van der Waals surface area contributed by atoms with Crippen molar-refractivity contribution in [2.24, 2.45) is 5.73 Å². The quantitative estimate of drug-likeness (QED) is 0.730. The largest absolute Gasteiger partial charge is 0.487 e. The summed E-state index contributed by atoms with van der Waals surface area (Å²) in [6.45, 7) is 2.33. The fraction of sp³-hybridized carbons (Fsp3) is 0.333. The molecule has 0 aliphatic carbocycles. The van der Waals surface area contributed by atoms with E-state index in [1.165, 1.54) is 0 Å². The molecule has 72 valence electrons. The van der Waals surface area contributed by atoms with E-state index >= 15 is 0 Å². The molecule has 0 bridgehead atoms. The summed E-state index contributed by atoms with van der Waals surface area (Å²) in [6, 6.07) is 5.11. The third kappa shape index (κ3) is 2.79. The summed E-state index contributed by atoms with van der Waals surface area (Å²) in [7, 11) is 0. The monoisotopic (exact) mass is 200 g/mol. The minimum Gasteiger partial charge on any atom is -0.487 e. The first-order valence-corrected chi connectivity index (χ1v) is 4.43. The molecule has 1 rings (SSSR count). The van der Waals surface area contributed by atoms with E-state index in [0.29, 0.717) is 23.0 Å². The Balaban J connectivity index is 2.81. The molecule has 1 atom stereocenters. The molecule has 1 aromatic carbocycles. The Morgan fingerprint density at radius 1 is 1.54 bits per heavy atom. The Bertz CT molecular complexity index is 291. The van der Waals surface area contributed by atoms with Crippen LogP contribution in [0.3, 0.4) is 0 Å². The molecule has 0 radical (unpaired) electrons. The van der Waals surface area contributed by atoms with Crippen LogP contribution in [0.1, 0.15) is 6.92 Å². The maximum atomic E-state index is 5.78. The van der Waals surface area contributed by atoms with Gasteiger partial charge in [-0.3, -0.25) is 0 Å². The third-order valence-electron chi connectivity index (χ3n) is 1.64. The highest BCUT2D eigenvalue weighted by molar-refractivity contribution is 6.30. The number of benzene rings is 1. The van der Waals surface area contributed by atoms with Gasteiger partial charge in [-0.2, -0.15) is 0 Å². The van der Waals surface area contributed by atoms with Gasteiger partial charge in [0, 0.05) is 17.6 Å². The van der Waals surface area contributed by atoms with Crippen molar-refractivity contribution in [1.82, 2.24) is 0 Å². The molecule has 4 N–H and O–H groups in total. The minimum absolute atomic E-state index is 0.0548. The van der Waals surface area contributed by atoms with Crippen molar-refractivity contribution in [3.8, 4) is 5.75 Å². The van der Waals surface area contributed by atoms with Gasteiger partial charge in [-0.05, 0) is 19.1 Å². The lowest BCUT2D eigenvalue weighted by Gasteiger charge is -2.14. The van der Waals surface area contributed by atoms with Gasteiger partial charge >= 0.3 is 0 Å². The first kappa shape index (κ1) is 10.2. The van der Waals surface area contributed by atoms with E-state index in [2.05, 4.69) is 0 Å². The Labute approximate surface area is 82.6 Å². The van der Waals surface area contributed by atoms with Crippen LogP contribution in [0.5, 0.6) is 5.75 Å². The first-order valence-electron chi connectivity index (χ1n) is 4.05. The second-order valence-corrected chi connectivity index (χ2v) is 3.28. The van der Waals surface area contributed by atoms with Crippen LogP contribution >= 0.6 is 11.6 Å². The van der Waals surface area contributed by atoms with E-state index in [4.69, 9.17) is 27.8 Å². The molecule has 0 aliphatic rings. The number of halogens is 1. The van der Waals surface area contributed by atoms with E-state index < -0.39 is 0 Å². The lowest BCUT2D eigenvalue weighted by atomic mass is 10.3. The number of nitrogen functional groups attached to an aromatic ring is 1. The lowest BCUT2D eigenvalue weighted by Crippen LogP contribution is -2.23. The zero-order chi connectivity index (χ0) is 9.84. The third-order valence-corrected chi connectivity index (χ3v) is 1.87. The number of anilines is 1. The predicted molar refractivity (Wildman–Crippen MR) is 55.0 cm³/mol. The molecule has 1 unspecified atom stereocenters.